The summed E-state index contributed by atoms with van der Waals surface area (Å²) in [4.78, 5) is 51.0. The molecular formula is C59H104O12. The minimum absolute atomic E-state index is 0.0458. The van der Waals surface area contributed by atoms with Crippen LogP contribution in [0.1, 0.15) is 265 Å². The number of carbonyl (C=O) groups is 4. The maximum Gasteiger partial charge on any atom is 0.335 e. The molecular weight excluding hydrogens is 901 g/mol. The SMILES string of the molecule is CCC/C=C\C/C=C\CCCCCCCC(=O)OC1C(OCC(COC(=O)CCCCCCCCCCCCCCCCCCC)OC(=O)CCCCCCC/C=C\CCCC)OC(C(=O)O)C(O)C1O. The quantitative estimate of drug-likeness (QED) is 0.0228. The zero-order chi connectivity index (χ0) is 51.8. The van der Waals surface area contributed by atoms with Gasteiger partial charge in [-0.3, -0.25) is 14.4 Å². The van der Waals surface area contributed by atoms with Crippen molar-refractivity contribution in [1.82, 2.24) is 0 Å². The van der Waals surface area contributed by atoms with Crippen LogP contribution in [0.4, 0.5) is 0 Å². The van der Waals surface area contributed by atoms with Crippen LogP contribution in [0.15, 0.2) is 36.5 Å². The second-order valence-electron chi connectivity index (χ2n) is 19.9. The molecule has 0 amide bonds. The number of aliphatic carboxylic acids is 1. The lowest BCUT2D eigenvalue weighted by atomic mass is 9.98. The number of hydrogen-bond donors (Lipinski definition) is 3. The molecule has 1 aliphatic heterocycles. The first-order chi connectivity index (χ1) is 34.6. The van der Waals surface area contributed by atoms with Crippen LogP contribution in [-0.2, 0) is 42.9 Å². The minimum Gasteiger partial charge on any atom is -0.479 e. The Balaban J connectivity index is 2.67. The first-order valence-corrected chi connectivity index (χ1v) is 29.0. The minimum atomic E-state index is -1.90. The van der Waals surface area contributed by atoms with Crippen molar-refractivity contribution in [3.8, 4) is 0 Å². The molecule has 1 rings (SSSR count). The molecule has 71 heavy (non-hydrogen) atoms. The van der Waals surface area contributed by atoms with Gasteiger partial charge >= 0.3 is 23.9 Å². The maximum absolute atomic E-state index is 13.1. The number of carboxylic acid groups (broad SMARTS) is 1. The number of rotatable bonds is 49. The molecule has 412 valence electrons. The highest BCUT2D eigenvalue weighted by atomic mass is 16.7. The number of ether oxygens (including phenoxy) is 5. The summed E-state index contributed by atoms with van der Waals surface area (Å²) in [5.41, 5.74) is 0. The molecule has 0 bridgehead atoms. The number of unbranched alkanes of at least 4 members (excludes halogenated alkanes) is 29. The van der Waals surface area contributed by atoms with E-state index in [0.717, 1.165) is 109 Å². The number of esters is 3. The second kappa shape index (κ2) is 47.9. The summed E-state index contributed by atoms with van der Waals surface area (Å²) in [6.07, 6.45) is 42.7. The van der Waals surface area contributed by atoms with Crippen LogP contribution < -0.4 is 0 Å². The van der Waals surface area contributed by atoms with Crippen LogP contribution in [-0.4, -0.2) is 89.2 Å². The number of carboxylic acids is 1. The number of carbonyl (C=O) groups excluding carboxylic acids is 3. The average Bonchev–Trinajstić information content (AvgIpc) is 3.35. The molecule has 0 aromatic carbocycles. The van der Waals surface area contributed by atoms with Crippen LogP contribution >= 0.6 is 0 Å². The molecule has 6 atom stereocenters. The normalized spacial score (nSPS) is 18.7. The Morgan fingerprint density at radius 1 is 0.465 bits per heavy atom. The van der Waals surface area contributed by atoms with Crippen LogP contribution in [0.5, 0.6) is 0 Å². The molecule has 0 saturated carbocycles. The van der Waals surface area contributed by atoms with E-state index in [1.165, 1.54) is 96.3 Å². The zero-order valence-corrected chi connectivity index (χ0v) is 45.2. The van der Waals surface area contributed by atoms with E-state index in [-0.39, 0.29) is 25.9 Å². The summed E-state index contributed by atoms with van der Waals surface area (Å²) in [5, 5.41) is 31.4. The highest BCUT2D eigenvalue weighted by molar-refractivity contribution is 5.74. The highest BCUT2D eigenvalue weighted by Crippen LogP contribution is 2.26. The van der Waals surface area contributed by atoms with E-state index in [2.05, 4.69) is 57.2 Å². The Morgan fingerprint density at radius 2 is 0.887 bits per heavy atom. The van der Waals surface area contributed by atoms with E-state index in [0.29, 0.717) is 19.3 Å². The fourth-order valence-corrected chi connectivity index (χ4v) is 8.68. The number of allylic oxidation sites excluding steroid dienone is 6. The Labute approximate surface area is 431 Å². The maximum atomic E-state index is 13.1. The van der Waals surface area contributed by atoms with Gasteiger partial charge in [0.2, 0.25) is 0 Å². The molecule has 6 unspecified atom stereocenters. The van der Waals surface area contributed by atoms with E-state index < -0.39 is 67.3 Å². The van der Waals surface area contributed by atoms with Gasteiger partial charge < -0.3 is 39.0 Å². The van der Waals surface area contributed by atoms with Gasteiger partial charge in [0.05, 0.1) is 6.61 Å². The Hall–Kier alpha value is -3.06. The van der Waals surface area contributed by atoms with Crippen molar-refractivity contribution in [2.45, 2.75) is 302 Å². The summed E-state index contributed by atoms with van der Waals surface area (Å²) in [7, 11) is 0. The number of aliphatic hydroxyl groups is 2. The first kappa shape index (κ1) is 66.0. The van der Waals surface area contributed by atoms with Crippen molar-refractivity contribution < 1.29 is 58.2 Å². The lowest BCUT2D eigenvalue weighted by molar-refractivity contribution is -0.301. The third-order valence-electron chi connectivity index (χ3n) is 13.2. The molecule has 1 saturated heterocycles. The highest BCUT2D eigenvalue weighted by Gasteiger charge is 2.50. The van der Waals surface area contributed by atoms with Crippen molar-refractivity contribution in [2.24, 2.45) is 0 Å². The molecule has 0 aromatic rings. The smallest absolute Gasteiger partial charge is 0.335 e. The molecule has 1 aliphatic rings. The van der Waals surface area contributed by atoms with Gasteiger partial charge in [-0.15, -0.1) is 0 Å². The molecule has 0 spiro atoms. The Morgan fingerprint density at radius 3 is 1.38 bits per heavy atom. The molecule has 1 fully saturated rings. The van der Waals surface area contributed by atoms with Crippen LogP contribution in [0.25, 0.3) is 0 Å². The largest absolute Gasteiger partial charge is 0.479 e. The van der Waals surface area contributed by atoms with Crippen LogP contribution in [0.2, 0.25) is 0 Å². The van der Waals surface area contributed by atoms with Crippen molar-refractivity contribution in [3.05, 3.63) is 36.5 Å². The van der Waals surface area contributed by atoms with E-state index in [1.807, 2.05) is 0 Å². The van der Waals surface area contributed by atoms with Gasteiger partial charge in [-0.2, -0.15) is 0 Å². The third kappa shape index (κ3) is 38.2. The summed E-state index contributed by atoms with van der Waals surface area (Å²) >= 11 is 0. The van der Waals surface area contributed by atoms with E-state index in [1.54, 1.807) is 0 Å². The monoisotopic (exact) mass is 1000 g/mol. The van der Waals surface area contributed by atoms with Crippen molar-refractivity contribution in [1.29, 1.82) is 0 Å². The molecule has 0 aromatic heterocycles. The van der Waals surface area contributed by atoms with Gasteiger partial charge in [0.15, 0.2) is 24.6 Å². The average molecular weight is 1010 g/mol. The van der Waals surface area contributed by atoms with E-state index >= 15 is 0 Å². The number of aliphatic hydroxyl groups excluding tert-OH is 2. The summed E-state index contributed by atoms with van der Waals surface area (Å²) in [6.45, 7) is 5.88. The molecule has 12 nitrogen and oxygen atoms in total. The molecule has 1 heterocycles. The summed E-state index contributed by atoms with van der Waals surface area (Å²) in [6, 6.07) is 0. The van der Waals surface area contributed by atoms with E-state index in [9.17, 15) is 34.5 Å². The molecule has 3 N–H and O–H groups in total. The van der Waals surface area contributed by atoms with Crippen molar-refractivity contribution in [2.75, 3.05) is 13.2 Å². The van der Waals surface area contributed by atoms with Crippen molar-refractivity contribution >= 4 is 23.9 Å². The van der Waals surface area contributed by atoms with E-state index in [4.69, 9.17) is 23.7 Å². The first-order valence-electron chi connectivity index (χ1n) is 29.0. The molecule has 0 aliphatic carbocycles. The van der Waals surface area contributed by atoms with Gasteiger partial charge in [-0.05, 0) is 64.2 Å². The van der Waals surface area contributed by atoms with Crippen LogP contribution in [0, 0.1) is 0 Å². The summed E-state index contributed by atoms with van der Waals surface area (Å²) in [5.74, 6) is -3.13. The second-order valence-corrected chi connectivity index (χ2v) is 19.9. The third-order valence-corrected chi connectivity index (χ3v) is 13.2. The van der Waals surface area contributed by atoms with Crippen molar-refractivity contribution in [3.63, 3.8) is 0 Å². The topological polar surface area (TPSA) is 175 Å². The number of hydrogen-bond acceptors (Lipinski definition) is 11. The predicted molar refractivity (Wildman–Crippen MR) is 285 cm³/mol. The Bertz CT molecular complexity index is 1380. The lowest BCUT2D eigenvalue weighted by Gasteiger charge is -2.40. The fourth-order valence-electron chi connectivity index (χ4n) is 8.68. The lowest BCUT2D eigenvalue weighted by Crippen LogP contribution is -2.61. The molecule has 12 heteroatoms. The van der Waals surface area contributed by atoms with Gasteiger partial charge in [0.1, 0.15) is 18.8 Å². The fraction of sp³-hybridized carbons (Fsp3) is 0.831. The van der Waals surface area contributed by atoms with Gasteiger partial charge in [0.25, 0.3) is 0 Å². The van der Waals surface area contributed by atoms with Gasteiger partial charge in [-0.25, -0.2) is 4.79 Å². The molecule has 0 radical (unpaired) electrons. The summed E-state index contributed by atoms with van der Waals surface area (Å²) < 4.78 is 28.4. The van der Waals surface area contributed by atoms with Gasteiger partial charge in [0, 0.05) is 19.3 Å². The standard InChI is InChI=1S/C59H104O12/c1-4-7-10-13-16-19-22-24-25-26-27-29-31-33-36-39-42-45-51(60)67-48-50(69-52(61)46-43-40-37-34-30-21-18-15-12-9-6-3)49-68-59-57(55(64)54(63)56(71-59)58(65)66)70-53(62)47-44-41-38-35-32-28-23-20-17-14-11-8-5-2/h11,14-15,18,20,23,50,54-57,59,63-64H,4-10,12-13,16-17,19,21-22,24-49H2,1-3H3,(H,65,66)/b14-11-,18-15-,23-20-. The Kier molecular flexibility index (Phi) is 44.5. The zero-order valence-electron chi connectivity index (χ0n) is 45.2. The van der Waals surface area contributed by atoms with Crippen LogP contribution in [0.3, 0.4) is 0 Å². The van der Waals surface area contributed by atoms with Gasteiger partial charge in [-0.1, -0.05) is 218 Å². The predicted octanol–water partition coefficient (Wildman–Crippen LogP) is 14.5.